The third-order valence-electron chi connectivity index (χ3n) is 4.87. The summed E-state index contributed by atoms with van der Waals surface area (Å²) in [6.07, 6.45) is 5.07. The number of methoxy groups -OCH3 is 1. The van der Waals surface area contributed by atoms with Crippen molar-refractivity contribution in [2.75, 3.05) is 30.4 Å². The van der Waals surface area contributed by atoms with Crippen LogP contribution >= 0.6 is 0 Å². The van der Waals surface area contributed by atoms with E-state index in [9.17, 15) is 4.79 Å². The fraction of sp³-hybridized carbons (Fsp3) is 0.300. The first kappa shape index (κ1) is 18.0. The predicted molar refractivity (Wildman–Crippen MR) is 106 cm³/mol. The molecule has 8 heteroatoms. The summed E-state index contributed by atoms with van der Waals surface area (Å²) in [4.78, 5) is 15.2. The van der Waals surface area contributed by atoms with Crippen molar-refractivity contribution in [3.8, 4) is 11.4 Å². The number of nitrogens with one attached hydrogen (secondary N) is 1. The third-order valence-corrected chi connectivity index (χ3v) is 4.87. The number of hydrogen-bond acceptors (Lipinski definition) is 6. The molecule has 1 fully saturated rings. The van der Waals surface area contributed by atoms with Gasteiger partial charge in [-0.2, -0.15) is 0 Å². The number of nitrogens with zero attached hydrogens (tertiary/aromatic N) is 5. The molecule has 1 aliphatic heterocycles. The van der Waals surface area contributed by atoms with Crippen LogP contribution in [-0.4, -0.2) is 46.3 Å². The second kappa shape index (κ2) is 8.08. The van der Waals surface area contributed by atoms with E-state index in [0.29, 0.717) is 11.3 Å². The molecule has 1 amide bonds. The van der Waals surface area contributed by atoms with Gasteiger partial charge in [-0.1, -0.05) is 6.07 Å². The molecule has 28 heavy (non-hydrogen) atoms. The van der Waals surface area contributed by atoms with Crippen LogP contribution in [0.15, 0.2) is 48.8 Å². The van der Waals surface area contributed by atoms with Crippen molar-refractivity contribution in [2.24, 2.45) is 0 Å². The molecule has 0 unspecified atom stereocenters. The average molecular weight is 378 g/mol. The van der Waals surface area contributed by atoms with E-state index in [4.69, 9.17) is 4.74 Å². The van der Waals surface area contributed by atoms with Gasteiger partial charge in [-0.05, 0) is 66.1 Å². The van der Waals surface area contributed by atoms with E-state index in [2.05, 4.69) is 25.7 Å². The lowest BCUT2D eigenvalue weighted by Crippen LogP contribution is -2.30. The number of benzene rings is 2. The van der Waals surface area contributed by atoms with Crippen LogP contribution in [0, 0.1) is 0 Å². The number of rotatable bonds is 5. The second-order valence-electron chi connectivity index (χ2n) is 6.69. The zero-order valence-corrected chi connectivity index (χ0v) is 15.7. The van der Waals surface area contributed by atoms with Crippen molar-refractivity contribution < 1.29 is 9.53 Å². The van der Waals surface area contributed by atoms with E-state index in [1.54, 1.807) is 30.0 Å². The number of anilines is 2. The van der Waals surface area contributed by atoms with Gasteiger partial charge < -0.3 is 15.0 Å². The molecule has 0 saturated carbocycles. The van der Waals surface area contributed by atoms with E-state index < -0.39 is 0 Å². The van der Waals surface area contributed by atoms with E-state index in [1.165, 1.54) is 12.7 Å². The Kier molecular flexibility index (Phi) is 5.18. The highest BCUT2D eigenvalue weighted by atomic mass is 16.5. The van der Waals surface area contributed by atoms with Gasteiger partial charge in [-0.25, -0.2) is 4.68 Å². The van der Waals surface area contributed by atoms with Gasteiger partial charge in [0.1, 0.15) is 12.1 Å². The summed E-state index contributed by atoms with van der Waals surface area (Å²) in [5.74, 6) is 0.456. The van der Waals surface area contributed by atoms with E-state index in [-0.39, 0.29) is 5.91 Å². The molecule has 0 spiro atoms. The monoisotopic (exact) mass is 378 g/mol. The molecule has 1 N–H and O–H groups in total. The Balaban J connectivity index is 1.67. The van der Waals surface area contributed by atoms with Gasteiger partial charge in [0, 0.05) is 18.7 Å². The topological polar surface area (TPSA) is 85.2 Å². The fourth-order valence-corrected chi connectivity index (χ4v) is 3.42. The molecule has 3 aromatic rings. The Morgan fingerprint density at radius 2 is 1.96 bits per heavy atom. The van der Waals surface area contributed by atoms with Crippen molar-refractivity contribution in [2.45, 2.75) is 19.3 Å². The Morgan fingerprint density at radius 3 is 2.71 bits per heavy atom. The van der Waals surface area contributed by atoms with Crippen molar-refractivity contribution in [1.82, 2.24) is 20.2 Å². The van der Waals surface area contributed by atoms with Gasteiger partial charge in [-0.15, -0.1) is 5.10 Å². The van der Waals surface area contributed by atoms with Gasteiger partial charge in [0.05, 0.1) is 24.2 Å². The fourth-order valence-electron chi connectivity index (χ4n) is 3.42. The smallest absolute Gasteiger partial charge is 0.255 e. The van der Waals surface area contributed by atoms with Gasteiger partial charge in [0.25, 0.3) is 5.91 Å². The number of carbonyl (C=O) groups is 1. The lowest BCUT2D eigenvalue weighted by Gasteiger charge is -2.30. The van der Waals surface area contributed by atoms with Crippen LogP contribution in [-0.2, 0) is 0 Å². The molecule has 1 aliphatic rings. The SMILES string of the molecule is COc1cccc(C(=O)Nc2cc(-n3cnnn3)ccc2N2CCCCC2)c1. The zero-order valence-electron chi connectivity index (χ0n) is 15.7. The van der Waals surface area contributed by atoms with Crippen molar-refractivity contribution >= 4 is 17.3 Å². The Labute approximate surface area is 163 Å². The third kappa shape index (κ3) is 3.80. The largest absolute Gasteiger partial charge is 0.497 e. The Hall–Kier alpha value is -3.42. The van der Waals surface area contributed by atoms with Crippen LogP contribution in [0.4, 0.5) is 11.4 Å². The van der Waals surface area contributed by atoms with Crippen LogP contribution in [0.25, 0.3) is 5.69 Å². The van der Waals surface area contributed by atoms with E-state index >= 15 is 0 Å². The van der Waals surface area contributed by atoms with Crippen molar-refractivity contribution in [3.05, 3.63) is 54.4 Å². The molecule has 8 nitrogen and oxygen atoms in total. The van der Waals surface area contributed by atoms with Crippen LogP contribution in [0.3, 0.4) is 0 Å². The molecule has 0 atom stereocenters. The standard InChI is InChI=1S/C20H22N6O2/c1-28-17-7-5-6-15(12-17)20(27)22-18-13-16(26-14-21-23-24-26)8-9-19(18)25-10-3-2-4-11-25/h5-9,12-14H,2-4,10-11H2,1H3,(H,22,27). The van der Waals surface area contributed by atoms with Crippen molar-refractivity contribution in [3.63, 3.8) is 0 Å². The number of carbonyl (C=O) groups excluding carboxylic acids is 1. The summed E-state index contributed by atoms with van der Waals surface area (Å²) in [5, 5.41) is 14.4. The highest BCUT2D eigenvalue weighted by Crippen LogP contribution is 2.31. The minimum absolute atomic E-state index is 0.189. The van der Waals surface area contributed by atoms with Gasteiger partial charge in [0.15, 0.2) is 0 Å². The lowest BCUT2D eigenvalue weighted by atomic mass is 10.1. The number of amides is 1. The average Bonchev–Trinajstić information content (AvgIpc) is 3.29. The van der Waals surface area contributed by atoms with Gasteiger partial charge in [-0.3, -0.25) is 4.79 Å². The summed E-state index contributed by atoms with van der Waals surface area (Å²) in [5.41, 5.74) is 3.07. The van der Waals surface area contributed by atoms with Gasteiger partial charge >= 0.3 is 0 Å². The Bertz CT molecular complexity index is 951. The molecular formula is C20H22N6O2. The molecule has 1 aromatic heterocycles. The van der Waals surface area contributed by atoms with Crippen LogP contribution in [0.1, 0.15) is 29.6 Å². The molecule has 2 aromatic carbocycles. The number of hydrogen-bond donors (Lipinski definition) is 1. The molecule has 4 rings (SSSR count). The zero-order chi connectivity index (χ0) is 19.3. The molecular weight excluding hydrogens is 356 g/mol. The van der Waals surface area contributed by atoms with E-state index in [1.807, 2.05) is 24.3 Å². The normalized spacial score (nSPS) is 14.0. The molecule has 0 aliphatic carbocycles. The summed E-state index contributed by atoms with van der Waals surface area (Å²) < 4.78 is 6.80. The molecule has 0 bridgehead atoms. The van der Waals surface area contributed by atoms with Crippen LogP contribution < -0.4 is 15.0 Å². The lowest BCUT2D eigenvalue weighted by molar-refractivity contribution is 0.102. The van der Waals surface area contributed by atoms with Crippen LogP contribution in [0.2, 0.25) is 0 Å². The Morgan fingerprint density at radius 1 is 1.11 bits per heavy atom. The summed E-state index contributed by atoms with van der Waals surface area (Å²) in [7, 11) is 1.58. The first-order valence-electron chi connectivity index (χ1n) is 9.32. The molecule has 144 valence electrons. The van der Waals surface area contributed by atoms with Gasteiger partial charge in [0.2, 0.25) is 0 Å². The highest BCUT2D eigenvalue weighted by molar-refractivity contribution is 6.06. The highest BCUT2D eigenvalue weighted by Gasteiger charge is 2.18. The quantitative estimate of drug-likeness (QED) is 0.735. The minimum Gasteiger partial charge on any atom is -0.497 e. The molecule has 2 heterocycles. The summed E-state index contributed by atoms with van der Waals surface area (Å²) in [6.45, 7) is 1.96. The summed E-state index contributed by atoms with van der Waals surface area (Å²) >= 11 is 0. The summed E-state index contributed by atoms with van der Waals surface area (Å²) in [6, 6.07) is 13.0. The van der Waals surface area contributed by atoms with Crippen molar-refractivity contribution in [1.29, 1.82) is 0 Å². The number of piperidine rings is 1. The maximum absolute atomic E-state index is 12.9. The second-order valence-corrected chi connectivity index (χ2v) is 6.69. The minimum atomic E-state index is -0.189. The van der Waals surface area contributed by atoms with E-state index in [0.717, 1.165) is 43.0 Å². The predicted octanol–water partition coefficient (Wildman–Crippen LogP) is 2.91. The maximum atomic E-state index is 12.9. The maximum Gasteiger partial charge on any atom is 0.255 e. The number of ether oxygens (including phenoxy) is 1. The first-order valence-corrected chi connectivity index (χ1v) is 9.32. The van der Waals surface area contributed by atoms with Crippen LogP contribution in [0.5, 0.6) is 5.75 Å². The number of aromatic nitrogens is 4. The molecule has 0 radical (unpaired) electrons. The number of tetrazole rings is 1. The first-order chi connectivity index (χ1) is 13.7. The molecule has 1 saturated heterocycles.